The minimum absolute atomic E-state index is 0.133. The highest BCUT2D eigenvalue weighted by Crippen LogP contribution is 2.19. The highest BCUT2D eigenvalue weighted by molar-refractivity contribution is 9.10. The second-order valence-corrected chi connectivity index (χ2v) is 9.49. The maximum absolute atomic E-state index is 13.4. The summed E-state index contributed by atoms with van der Waals surface area (Å²) in [6.07, 6.45) is 0.394. The van der Waals surface area contributed by atoms with Gasteiger partial charge in [0.05, 0.1) is 5.75 Å². The Morgan fingerprint density at radius 3 is 2.21 bits per heavy atom. The Hall–Kier alpha value is -2.64. The highest BCUT2D eigenvalue weighted by atomic mass is 79.9. The van der Waals surface area contributed by atoms with Crippen LogP contribution in [0.15, 0.2) is 83.3 Å². The fourth-order valence-electron chi connectivity index (χ4n) is 3.43. The molecule has 0 saturated heterocycles. The quantitative estimate of drug-likeness (QED) is 0.393. The van der Waals surface area contributed by atoms with Gasteiger partial charge in [-0.15, -0.1) is 11.8 Å². The van der Waals surface area contributed by atoms with Crippen molar-refractivity contribution in [1.82, 2.24) is 10.2 Å². The van der Waals surface area contributed by atoms with Gasteiger partial charge in [-0.05, 0) is 41.0 Å². The van der Waals surface area contributed by atoms with Crippen molar-refractivity contribution >= 4 is 39.5 Å². The molecule has 0 spiro atoms. The number of nitrogens with zero attached hydrogens (tertiary/aromatic N) is 1. The fourth-order valence-corrected chi connectivity index (χ4v) is 4.56. The average Bonchev–Trinajstić information content (AvgIpc) is 2.83. The zero-order valence-electron chi connectivity index (χ0n) is 18.3. The maximum Gasteiger partial charge on any atom is 0.242 e. The van der Waals surface area contributed by atoms with Crippen LogP contribution in [-0.2, 0) is 28.3 Å². The van der Waals surface area contributed by atoms with Crippen molar-refractivity contribution in [1.29, 1.82) is 0 Å². The molecule has 0 fully saturated rings. The van der Waals surface area contributed by atoms with E-state index in [1.165, 1.54) is 23.9 Å². The zero-order valence-corrected chi connectivity index (χ0v) is 20.7. The topological polar surface area (TPSA) is 49.4 Å². The van der Waals surface area contributed by atoms with Crippen molar-refractivity contribution in [2.45, 2.75) is 24.8 Å². The summed E-state index contributed by atoms with van der Waals surface area (Å²) in [4.78, 5) is 27.8. The van der Waals surface area contributed by atoms with Gasteiger partial charge in [-0.2, -0.15) is 0 Å². The molecule has 172 valence electrons. The van der Waals surface area contributed by atoms with Gasteiger partial charge in [0.25, 0.3) is 0 Å². The molecule has 3 aromatic carbocycles. The molecule has 0 aromatic heterocycles. The molecule has 4 nitrogen and oxygen atoms in total. The molecule has 3 rings (SSSR count). The summed E-state index contributed by atoms with van der Waals surface area (Å²) < 4.78 is 14.4. The molecular formula is C26H26BrFN2O2S. The summed E-state index contributed by atoms with van der Waals surface area (Å²) in [5.41, 5.74) is 2.85. The first-order chi connectivity index (χ1) is 16.0. The number of amides is 2. The Morgan fingerprint density at radius 2 is 1.58 bits per heavy atom. The van der Waals surface area contributed by atoms with Crippen molar-refractivity contribution < 1.29 is 14.0 Å². The van der Waals surface area contributed by atoms with E-state index in [0.717, 1.165) is 21.2 Å². The molecule has 0 heterocycles. The van der Waals surface area contributed by atoms with Gasteiger partial charge in [0.15, 0.2) is 0 Å². The zero-order chi connectivity index (χ0) is 23.6. The Kier molecular flexibility index (Phi) is 9.51. The SMILES string of the molecule is CNC(=O)[C@H](Cc1ccccc1)N(Cc1ccc(F)cc1)C(=O)CSCc1ccc(Br)cc1. The van der Waals surface area contributed by atoms with Gasteiger partial charge in [0.1, 0.15) is 11.9 Å². The first kappa shape index (κ1) is 25.0. The van der Waals surface area contributed by atoms with E-state index in [9.17, 15) is 14.0 Å². The molecule has 1 N–H and O–H groups in total. The van der Waals surface area contributed by atoms with Crippen LogP contribution < -0.4 is 5.32 Å². The lowest BCUT2D eigenvalue weighted by Crippen LogP contribution is -2.50. The summed E-state index contributed by atoms with van der Waals surface area (Å²) in [6, 6.07) is 23.0. The minimum Gasteiger partial charge on any atom is -0.357 e. The first-order valence-electron chi connectivity index (χ1n) is 10.6. The van der Waals surface area contributed by atoms with Crippen LogP contribution in [0.5, 0.6) is 0 Å². The Balaban J connectivity index is 1.79. The molecule has 0 bridgehead atoms. The summed E-state index contributed by atoms with van der Waals surface area (Å²) in [5, 5.41) is 2.70. The largest absolute Gasteiger partial charge is 0.357 e. The van der Waals surface area contributed by atoms with Crippen molar-refractivity contribution in [2.75, 3.05) is 12.8 Å². The molecule has 33 heavy (non-hydrogen) atoms. The molecule has 2 amide bonds. The van der Waals surface area contributed by atoms with Crippen LogP contribution in [0, 0.1) is 5.82 Å². The van der Waals surface area contributed by atoms with E-state index in [2.05, 4.69) is 21.2 Å². The molecule has 3 aromatic rings. The Morgan fingerprint density at radius 1 is 0.939 bits per heavy atom. The highest BCUT2D eigenvalue weighted by Gasteiger charge is 2.29. The number of hydrogen-bond donors (Lipinski definition) is 1. The van der Waals surface area contributed by atoms with Gasteiger partial charge in [0, 0.05) is 30.2 Å². The predicted octanol–water partition coefficient (Wildman–Crippen LogP) is 5.21. The number of carbonyl (C=O) groups is 2. The molecule has 0 radical (unpaired) electrons. The Bertz CT molecular complexity index is 1050. The first-order valence-corrected chi connectivity index (χ1v) is 12.5. The third-order valence-corrected chi connectivity index (χ3v) is 6.71. The van der Waals surface area contributed by atoms with Crippen molar-refractivity contribution in [3.63, 3.8) is 0 Å². The molecular weight excluding hydrogens is 503 g/mol. The van der Waals surface area contributed by atoms with E-state index < -0.39 is 6.04 Å². The molecule has 7 heteroatoms. The van der Waals surface area contributed by atoms with E-state index in [4.69, 9.17) is 0 Å². The summed E-state index contributed by atoms with van der Waals surface area (Å²) in [5.74, 6) is 0.221. The van der Waals surface area contributed by atoms with Crippen molar-refractivity contribution in [2.24, 2.45) is 0 Å². The van der Waals surface area contributed by atoms with Crippen LogP contribution in [-0.4, -0.2) is 35.6 Å². The lowest BCUT2D eigenvalue weighted by Gasteiger charge is -2.31. The number of likely N-dealkylation sites (N-methyl/N-ethyl adjacent to an activating group) is 1. The van der Waals surface area contributed by atoms with Crippen molar-refractivity contribution in [3.05, 3.63) is 106 Å². The number of benzene rings is 3. The monoisotopic (exact) mass is 528 g/mol. The lowest BCUT2D eigenvalue weighted by molar-refractivity contribution is -0.139. The van der Waals surface area contributed by atoms with Crippen LogP contribution in [0.25, 0.3) is 0 Å². The number of carbonyl (C=O) groups excluding carboxylic acids is 2. The number of rotatable bonds is 10. The fraction of sp³-hybridized carbons (Fsp3) is 0.231. The second kappa shape index (κ2) is 12.6. The van der Waals surface area contributed by atoms with Gasteiger partial charge < -0.3 is 10.2 Å². The van der Waals surface area contributed by atoms with Gasteiger partial charge in [-0.3, -0.25) is 9.59 Å². The van der Waals surface area contributed by atoms with E-state index in [1.807, 2.05) is 54.6 Å². The smallest absolute Gasteiger partial charge is 0.242 e. The minimum atomic E-state index is -0.678. The van der Waals surface area contributed by atoms with E-state index in [0.29, 0.717) is 12.2 Å². The molecule has 0 unspecified atom stereocenters. The van der Waals surface area contributed by atoms with Crippen LogP contribution in [0.1, 0.15) is 16.7 Å². The van der Waals surface area contributed by atoms with Crippen LogP contribution in [0.3, 0.4) is 0 Å². The van der Waals surface area contributed by atoms with E-state index >= 15 is 0 Å². The van der Waals surface area contributed by atoms with Crippen LogP contribution in [0.4, 0.5) is 4.39 Å². The van der Waals surface area contributed by atoms with Crippen LogP contribution >= 0.6 is 27.7 Å². The average molecular weight is 529 g/mol. The van der Waals surface area contributed by atoms with Crippen LogP contribution in [0.2, 0.25) is 0 Å². The second-order valence-electron chi connectivity index (χ2n) is 7.59. The third kappa shape index (κ3) is 7.72. The summed E-state index contributed by atoms with van der Waals surface area (Å²) in [6.45, 7) is 0.225. The van der Waals surface area contributed by atoms with Gasteiger partial charge >= 0.3 is 0 Å². The molecule has 0 aliphatic heterocycles. The van der Waals surface area contributed by atoms with E-state index in [1.54, 1.807) is 24.1 Å². The molecule has 0 aliphatic carbocycles. The normalized spacial score (nSPS) is 11.6. The van der Waals surface area contributed by atoms with Crippen molar-refractivity contribution in [3.8, 4) is 0 Å². The number of hydrogen-bond acceptors (Lipinski definition) is 3. The third-order valence-electron chi connectivity index (χ3n) is 5.19. The standard InChI is InChI=1S/C26H26BrFN2O2S/c1-29-26(32)24(15-19-5-3-2-4-6-19)30(16-20-9-13-23(28)14-10-20)25(31)18-33-17-21-7-11-22(27)12-8-21/h2-14,24H,15-18H2,1H3,(H,29,32)/t24-/m0/s1. The van der Waals surface area contributed by atoms with Gasteiger partial charge in [0.2, 0.25) is 11.8 Å². The van der Waals surface area contributed by atoms with Gasteiger partial charge in [-0.1, -0.05) is 70.5 Å². The number of halogens is 2. The maximum atomic E-state index is 13.4. The van der Waals surface area contributed by atoms with E-state index in [-0.39, 0.29) is 29.9 Å². The lowest BCUT2D eigenvalue weighted by atomic mass is 10.0. The summed E-state index contributed by atoms with van der Waals surface area (Å²) in [7, 11) is 1.57. The summed E-state index contributed by atoms with van der Waals surface area (Å²) >= 11 is 4.93. The molecule has 1 atom stereocenters. The predicted molar refractivity (Wildman–Crippen MR) is 135 cm³/mol. The molecule has 0 saturated carbocycles. The van der Waals surface area contributed by atoms with Gasteiger partial charge in [-0.25, -0.2) is 4.39 Å². The number of nitrogens with one attached hydrogen (secondary N) is 1. The molecule has 0 aliphatic rings. The number of thioether (sulfide) groups is 1. The Labute approximate surface area is 206 Å².